The fourth-order valence-corrected chi connectivity index (χ4v) is 3.56. The average molecular weight is 311 g/mol. The molecule has 1 aliphatic carbocycles. The zero-order valence-corrected chi connectivity index (χ0v) is 13.3. The zero-order chi connectivity index (χ0) is 16.4. The van der Waals surface area contributed by atoms with Crippen molar-refractivity contribution >= 4 is 11.8 Å². The molecular weight excluding hydrogens is 290 g/mol. The van der Waals surface area contributed by atoms with Crippen molar-refractivity contribution in [3.63, 3.8) is 0 Å². The highest BCUT2D eigenvalue weighted by Gasteiger charge is 2.40. The lowest BCUT2D eigenvalue weighted by atomic mass is 9.78. The van der Waals surface area contributed by atoms with Gasteiger partial charge in [0, 0.05) is 25.9 Å². The van der Waals surface area contributed by atoms with E-state index < -0.39 is 5.54 Å². The van der Waals surface area contributed by atoms with Crippen LogP contribution in [0.25, 0.3) is 0 Å². The number of amides is 2. The van der Waals surface area contributed by atoms with Crippen LogP contribution in [0.15, 0.2) is 24.3 Å². The van der Waals surface area contributed by atoms with Crippen molar-refractivity contribution in [3.05, 3.63) is 35.4 Å². The Bertz CT molecular complexity index is 679. The Labute approximate surface area is 136 Å². The van der Waals surface area contributed by atoms with Crippen molar-refractivity contribution in [2.24, 2.45) is 5.92 Å². The number of rotatable bonds is 3. The van der Waals surface area contributed by atoms with Crippen molar-refractivity contribution in [1.29, 1.82) is 5.26 Å². The molecule has 1 N–H and O–H groups in total. The van der Waals surface area contributed by atoms with Crippen molar-refractivity contribution in [3.8, 4) is 6.07 Å². The predicted molar refractivity (Wildman–Crippen MR) is 85.3 cm³/mol. The summed E-state index contributed by atoms with van der Waals surface area (Å²) in [5, 5.41) is 12.6. The highest BCUT2D eigenvalue weighted by molar-refractivity contribution is 5.89. The lowest BCUT2D eigenvalue weighted by Crippen LogP contribution is -2.53. The Morgan fingerprint density at radius 2 is 2.17 bits per heavy atom. The maximum absolute atomic E-state index is 12.6. The smallest absolute Gasteiger partial charge is 0.226 e. The molecular formula is C18H21N3O2. The second-order valence-corrected chi connectivity index (χ2v) is 6.46. The molecule has 1 aromatic carbocycles. The van der Waals surface area contributed by atoms with E-state index in [1.54, 1.807) is 4.90 Å². The number of carbonyl (C=O) groups excluding carboxylic acids is 2. The summed E-state index contributed by atoms with van der Waals surface area (Å²) in [5.74, 6) is -0.493. The monoisotopic (exact) mass is 311 g/mol. The molecule has 0 spiro atoms. The minimum atomic E-state index is -0.853. The molecule has 2 aliphatic rings. The molecule has 0 bridgehead atoms. The number of carbonyl (C=O) groups is 2. The van der Waals surface area contributed by atoms with Gasteiger partial charge < -0.3 is 10.2 Å². The predicted octanol–water partition coefficient (Wildman–Crippen LogP) is 1.42. The molecule has 23 heavy (non-hydrogen) atoms. The summed E-state index contributed by atoms with van der Waals surface area (Å²) in [6.07, 6.45) is 2.18. The van der Waals surface area contributed by atoms with Crippen LogP contribution in [-0.2, 0) is 22.4 Å². The first-order valence-corrected chi connectivity index (χ1v) is 8.15. The van der Waals surface area contributed by atoms with E-state index in [9.17, 15) is 14.9 Å². The van der Waals surface area contributed by atoms with Gasteiger partial charge >= 0.3 is 0 Å². The molecule has 0 radical (unpaired) electrons. The van der Waals surface area contributed by atoms with Crippen LogP contribution in [0.2, 0.25) is 0 Å². The second-order valence-electron chi connectivity index (χ2n) is 6.46. The third kappa shape index (κ3) is 2.94. The number of nitrogens with one attached hydrogen (secondary N) is 1. The first-order chi connectivity index (χ1) is 11.1. The fourth-order valence-electron chi connectivity index (χ4n) is 3.56. The van der Waals surface area contributed by atoms with Crippen LogP contribution in [0.5, 0.6) is 0 Å². The maximum Gasteiger partial charge on any atom is 0.226 e. The van der Waals surface area contributed by atoms with Crippen LogP contribution >= 0.6 is 0 Å². The number of fused-ring (bicyclic) bond motifs is 1. The Hall–Kier alpha value is -2.35. The normalized spacial score (nSPS) is 26.5. The topological polar surface area (TPSA) is 73.2 Å². The molecule has 1 heterocycles. The van der Waals surface area contributed by atoms with Gasteiger partial charge in [-0.05, 0) is 30.9 Å². The van der Waals surface area contributed by atoms with Crippen molar-refractivity contribution < 1.29 is 9.59 Å². The number of nitriles is 1. The zero-order valence-electron chi connectivity index (χ0n) is 13.3. The van der Waals surface area contributed by atoms with Gasteiger partial charge in [0.2, 0.25) is 11.8 Å². The molecule has 2 amide bonds. The summed E-state index contributed by atoms with van der Waals surface area (Å²) in [6, 6.07) is 10.4. The second kappa shape index (κ2) is 6.04. The molecule has 2 unspecified atom stereocenters. The number of nitrogens with zero attached hydrogens (tertiary/aromatic N) is 2. The minimum Gasteiger partial charge on any atom is -0.342 e. The molecule has 0 saturated carbocycles. The molecule has 3 rings (SSSR count). The largest absolute Gasteiger partial charge is 0.342 e. The van der Waals surface area contributed by atoms with E-state index in [4.69, 9.17) is 0 Å². The van der Waals surface area contributed by atoms with Gasteiger partial charge in [0.1, 0.15) is 5.54 Å². The lowest BCUT2D eigenvalue weighted by Gasteiger charge is -2.33. The Morgan fingerprint density at radius 1 is 1.43 bits per heavy atom. The third-order valence-electron chi connectivity index (χ3n) is 4.98. The molecule has 2 atom stereocenters. The Balaban J connectivity index is 1.72. The van der Waals surface area contributed by atoms with Crippen molar-refractivity contribution in [1.82, 2.24) is 10.2 Å². The van der Waals surface area contributed by atoms with E-state index in [0.29, 0.717) is 25.9 Å². The third-order valence-corrected chi connectivity index (χ3v) is 4.98. The number of likely N-dealkylation sites (tertiary alicyclic amines) is 1. The Kier molecular flexibility index (Phi) is 4.08. The van der Waals surface area contributed by atoms with E-state index in [1.165, 1.54) is 5.56 Å². The summed E-state index contributed by atoms with van der Waals surface area (Å²) in [7, 11) is 0. The van der Waals surface area contributed by atoms with E-state index >= 15 is 0 Å². The van der Waals surface area contributed by atoms with Crippen molar-refractivity contribution in [2.75, 3.05) is 13.1 Å². The number of hydrogen-bond donors (Lipinski definition) is 1. The number of hydrogen-bond acceptors (Lipinski definition) is 3. The van der Waals surface area contributed by atoms with Gasteiger partial charge in [0.25, 0.3) is 0 Å². The van der Waals surface area contributed by atoms with Gasteiger partial charge in [0.05, 0.1) is 12.0 Å². The van der Waals surface area contributed by atoms with Gasteiger partial charge in [-0.1, -0.05) is 24.3 Å². The summed E-state index contributed by atoms with van der Waals surface area (Å²) in [4.78, 5) is 26.1. The van der Waals surface area contributed by atoms with Crippen LogP contribution < -0.4 is 5.32 Å². The van der Waals surface area contributed by atoms with Gasteiger partial charge in [-0.2, -0.15) is 5.26 Å². The summed E-state index contributed by atoms with van der Waals surface area (Å²) < 4.78 is 0. The van der Waals surface area contributed by atoms with Crippen molar-refractivity contribution in [2.45, 2.75) is 38.1 Å². The van der Waals surface area contributed by atoms with Crippen LogP contribution in [0.4, 0.5) is 0 Å². The quantitative estimate of drug-likeness (QED) is 0.917. The standard InChI is InChI=1S/C18H21N3O2/c1-2-21-11-15(9-16(21)22)17(23)20-18(12-19)8-7-13-5-3-4-6-14(13)10-18/h3-6,15H,2,7-11H2,1H3,(H,20,23). The van der Waals surface area contributed by atoms with E-state index in [0.717, 1.165) is 12.0 Å². The first-order valence-electron chi connectivity index (χ1n) is 8.15. The van der Waals surface area contributed by atoms with E-state index in [-0.39, 0.29) is 24.2 Å². The molecule has 1 aliphatic heterocycles. The summed E-state index contributed by atoms with van der Waals surface area (Å²) >= 11 is 0. The van der Waals surface area contributed by atoms with Gasteiger partial charge in [-0.3, -0.25) is 9.59 Å². The number of aryl methyl sites for hydroxylation is 1. The summed E-state index contributed by atoms with van der Waals surface area (Å²) in [6.45, 7) is 2.99. The number of benzene rings is 1. The first kappa shape index (κ1) is 15.5. The fraction of sp³-hybridized carbons (Fsp3) is 0.500. The van der Waals surface area contributed by atoms with E-state index in [2.05, 4.69) is 17.5 Å². The van der Waals surface area contributed by atoms with Gasteiger partial charge in [-0.15, -0.1) is 0 Å². The van der Waals surface area contributed by atoms with Gasteiger partial charge in [0.15, 0.2) is 0 Å². The van der Waals surface area contributed by atoms with Crippen LogP contribution in [0, 0.1) is 17.2 Å². The minimum absolute atomic E-state index is 0.0210. The molecule has 120 valence electrons. The SMILES string of the molecule is CCN1CC(C(=O)NC2(C#N)CCc3ccccc3C2)CC1=O. The van der Waals surface area contributed by atoms with Crippen LogP contribution in [0.3, 0.4) is 0 Å². The molecule has 1 aromatic rings. The lowest BCUT2D eigenvalue weighted by molar-refractivity contribution is -0.129. The Morgan fingerprint density at radius 3 is 2.83 bits per heavy atom. The molecule has 1 fully saturated rings. The molecule has 5 nitrogen and oxygen atoms in total. The van der Waals surface area contributed by atoms with Crippen LogP contribution in [-0.4, -0.2) is 35.3 Å². The van der Waals surface area contributed by atoms with E-state index in [1.807, 2.05) is 25.1 Å². The average Bonchev–Trinajstić information content (AvgIpc) is 2.96. The highest BCUT2D eigenvalue weighted by atomic mass is 16.2. The van der Waals surface area contributed by atoms with Crippen LogP contribution in [0.1, 0.15) is 30.9 Å². The molecule has 5 heteroatoms. The highest BCUT2D eigenvalue weighted by Crippen LogP contribution is 2.29. The molecule has 0 aromatic heterocycles. The maximum atomic E-state index is 12.6. The van der Waals surface area contributed by atoms with Gasteiger partial charge in [-0.25, -0.2) is 0 Å². The summed E-state index contributed by atoms with van der Waals surface area (Å²) in [5.41, 5.74) is 1.52. The molecule has 1 saturated heterocycles.